The third kappa shape index (κ3) is 2.99. The van der Waals surface area contributed by atoms with Gasteiger partial charge in [0.1, 0.15) is 11.9 Å². The van der Waals surface area contributed by atoms with Crippen LogP contribution in [0.25, 0.3) is 11.0 Å². The molecule has 0 radical (unpaired) electrons. The van der Waals surface area contributed by atoms with Crippen LogP contribution in [-0.4, -0.2) is 28.0 Å². The van der Waals surface area contributed by atoms with Crippen molar-refractivity contribution in [2.45, 2.75) is 39.3 Å². The molecular weight excluding hydrogens is 252 g/mol. The zero-order valence-corrected chi connectivity index (χ0v) is 12.1. The van der Waals surface area contributed by atoms with Crippen molar-refractivity contribution in [3.63, 3.8) is 0 Å². The minimum Gasteiger partial charge on any atom is -0.368 e. The number of amides is 1. The number of nitrogens with zero attached hydrogens (tertiary/aromatic N) is 2. The molecule has 0 spiro atoms. The zero-order chi connectivity index (χ0) is 14.5. The van der Waals surface area contributed by atoms with Crippen molar-refractivity contribution >= 4 is 16.9 Å². The number of primary amides is 1. The average Bonchev–Trinajstić information content (AvgIpc) is 2.77. The van der Waals surface area contributed by atoms with Crippen LogP contribution in [0.1, 0.15) is 26.1 Å². The second-order valence-electron chi connectivity index (χ2n) is 4.89. The van der Waals surface area contributed by atoms with Gasteiger partial charge in [-0.1, -0.05) is 26.0 Å². The van der Waals surface area contributed by atoms with Crippen molar-refractivity contribution in [1.29, 1.82) is 0 Å². The van der Waals surface area contributed by atoms with Gasteiger partial charge in [-0.05, 0) is 25.1 Å². The molecule has 1 aromatic carbocycles. The lowest BCUT2D eigenvalue weighted by molar-refractivity contribution is -0.120. The van der Waals surface area contributed by atoms with Gasteiger partial charge in [-0.25, -0.2) is 4.98 Å². The van der Waals surface area contributed by atoms with Gasteiger partial charge in [0.05, 0.1) is 11.0 Å². The van der Waals surface area contributed by atoms with Crippen molar-refractivity contribution in [3.05, 3.63) is 30.1 Å². The summed E-state index contributed by atoms with van der Waals surface area (Å²) in [5, 5.41) is 3.13. The molecule has 2 rings (SSSR count). The number of nitrogens with two attached hydrogens (primary N) is 1. The summed E-state index contributed by atoms with van der Waals surface area (Å²) in [4.78, 5) is 16.2. The van der Waals surface area contributed by atoms with Crippen molar-refractivity contribution in [2.75, 3.05) is 6.54 Å². The summed E-state index contributed by atoms with van der Waals surface area (Å²) in [5.41, 5.74) is 7.50. The highest BCUT2D eigenvalue weighted by atomic mass is 16.1. The summed E-state index contributed by atoms with van der Waals surface area (Å²) in [6.45, 7) is 5.33. The second-order valence-corrected chi connectivity index (χ2v) is 4.89. The number of benzene rings is 1. The number of carbonyl (C=O) groups is 1. The first-order valence-corrected chi connectivity index (χ1v) is 7.14. The molecule has 0 fully saturated rings. The Labute approximate surface area is 119 Å². The fourth-order valence-corrected chi connectivity index (χ4v) is 2.43. The fraction of sp³-hybridized carbons (Fsp3) is 0.467. The Morgan fingerprint density at radius 3 is 2.80 bits per heavy atom. The summed E-state index contributed by atoms with van der Waals surface area (Å²) in [5.74, 6) is 0.685. The second kappa shape index (κ2) is 6.52. The highest BCUT2D eigenvalue weighted by molar-refractivity contribution is 5.80. The number of aryl methyl sites for hydroxylation is 1. The van der Waals surface area contributed by atoms with Gasteiger partial charge in [-0.15, -0.1) is 0 Å². The highest BCUT2D eigenvalue weighted by Crippen LogP contribution is 2.17. The van der Waals surface area contributed by atoms with Crippen LogP contribution in [-0.2, 0) is 17.8 Å². The van der Waals surface area contributed by atoms with Crippen molar-refractivity contribution in [2.24, 2.45) is 5.73 Å². The van der Waals surface area contributed by atoms with E-state index in [-0.39, 0.29) is 11.9 Å². The summed E-state index contributed by atoms with van der Waals surface area (Å²) in [6.07, 6.45) is 1.91. The van der Waals surface area contributed by atoms with Gasteiger partial charge >= 0.3 is 0 Å². The number of para-hydroxylation sites is 2. The van der Waals surface area contributed by atoms with E-state index in [2.05, 4.69) is 21.8 Å². The number of likely N-dealkylation sites (N-methyl/N-ethyl adjacent to an activating group) is 1. The van der Waals surface area contributed by atoms with Crippen LogP contribution in [0.2, 0.25) is 0 Å². The molecule has 0 aliphatic rings. The number of hydrogen-bond acceptors (Lipinski definition) is 3. The van der Waals surface area contributed by atoms with Crippen LogP contribution in [0.15, 0.2) is 24.3 Å². The van der Waals surface area contributed by atoms with E-state index in [1.54, 1.807) is 0 Å². The summed E-state index contributed by atoms with van der Waals surface area (Å²) < 4.78 is 2.11. The van der Waals surface area contributed by atoms with Crippen LogP contribution in [0.5, 0.6) is 0 Å². The largest absolute Gasteiger partial charge is 0.368 e. The first kappa shape index (κ1) is 14.5. The Hall–Kier alpha value is -1.88. The molecule has 5 nitrogen and oxygen atoms in total. The lowest BCUT2D eigenvalue weighted by Crippen LogP contribution is -2.44. The molecule has 3 N–H and O–H groups in total. The van der Waals surface area contributed by atoms with E-state index >= 15 is 0 Å². The number of carbonyl (C=O) groups excluding carboxylic acids is 1. The summed E-state index contributed by atoms with van der Waals surface area (Å²) >= 11 is 0. The molecule has 1 atom stereocenters. The fourth-order valence-electron chi connectivity index (χ4n) is 2.43. The van der Waals surface area contributed by atoms with E-state index in [9.17, 15) is 4.79 Å². The van der Waals surface area contributed by atoms with Gasteiger partial charge in [0, 0.05) is 13.0 Å². The maximum Gasteiger partial charge on any atom is 0.236 e. The molecule has 0 aliphatic heterocycles. The van der Waals surface area contributed by atoms with Crippen molar-refractivity contribution in [1.82, 2.24) is 14.9 Å². The summed E-state index contributed by atoms with van der Waals surface area (Å²) in [7, 11) is 0. The lowest BCUT2D eigenvalue weighted by Gasteiger charge is -2.17. The lowest BCUT2D eigenvalue weighted by atomic mass is 10.2. The normalized spacial score (nSPS) is 12.7. The molecular formula is C15H22N4O. The topological polar surface area (TPSA) is 72.9 Å². The molecule has 0 saturated carbocycles. The molecule has 0 bridgehead atoms. The van der Waals surface area contributed by atoms with E-state index in [0.29, 0.717) is 13.1 Å². The minimum atomic E-state index is -0.367. The SMILES string of the molecule is CCCc1nc2ccccc2n1CC(NCC)C(N)=O. The molecule has 108 valence electrons. The monoisotopic (exact) mass is 274 g/mol. The molecule has 1 aromatic heterocycles. The van der Waals surface area contributed by atoms with Gasteiger partial charge < -0.3 is 15.6 Å². The molecule has 1 heterocycles. The van der Waals surface area contributed by atoms with Gasteiger partial charge in [0.25, 0.3) is 0 Å². The average molecular weight is 274 g/mol. The first-order valence-electron chi connectivity index (χ1n) is 7.14. The first-order chi connectivity index (χ1) is 9.67. The number of fused-ring (bicyclic) bond motifs is 1. The van der Waals surface area contributed by atoms with Crippen LogP contribution >= 0.6 is 0 Å². The Balaban J connectivity index is 2.39. The van der Waals surface area contributed by atoms with E-state index in [4.69, 9.17) is 5.73 Å². The van der Waals surface area contributed by atoms with Gasteiger partial charge in [-0.3, -0.25) is 4.79 Å². The molecule has 20 heavy (non-hydrogen) atoms. The van der Waals surface area contributed by atoms with Gasteiger partial charge in [-0.2, -0.15) is 0 Å². The van der Waals surface area contributed by atoms with Crippen LogP contribution < -0.4 is 11.1 Å². The third-order valence-electron chi connectivity index (χ3n) is 3.37. The van der Waals surface area contributed by atoms with Gasteiger partial charge in [0.15, 0.2) is 0 Å². The summed E-state index contributed by atoms with van der Waals surface area (Å²) in [6, 6.07) is 7.63. The predicted octanol–water partition coefficient (Wildman–Crippen LogP) is 1.45. The maximum absolute atomic E-state index is 11.5. The Bertz CT molecular complexity index is 591. The molecule has 2 aromatic rings. The maximum atomic E-state index is 11.5. The van der Waals surface area contributed by atoms with Gasteiger partial charge in [0.2, 0.25) is 5.91 Å². The quantitative estimate of drug-likeness (QED) is 0.802. The predicted molar refractivity (Wildman–Crippen MR) is 80.4 cm³/mol. The standard InChI is InChI=1S/C15H22N4O/c1-3-7-14-18-11-8-5-6-9-13(11)19(14)10-12(15(16)20)17-4-2/h5-6,8-9,12,17H,3-4,7,10H2,1-2H3,(H2,16,20). The highest BCUT2D eigenvalue weighted by Gasteiger charge is 2.18. The van der Waals surface area contributed by atoms with Crippen LogP contribution in [0.3, 0.4) is 0 Å². The number of hydrogen-bond donors (Lipinski definition) is 2. The Morgan fingerprint density at radius 2 is 2.15 bits per heavy atom. The zero-order valence-electron chi connectivity index (χ0n) is 12.1. The minimum absolute atomic E-state index is 0.327. The molecule has 0 aliphatic carbocycles. The molecule has 1 unspecified atom stereocenters. The molecule has 5 heteroatoms. The number of aromatic nitrogens is 2. The number of rotatable bonds is 7. The van der Waals surface area contributed by atoms with E-state index in [1.165, 1.54) is 0 Å². The van der Waals surface area contributed by atoms with E-state index in [1.807, 2.05) is 31.2 Å². The third-order valence-corrected chi connectivity index (χ3v) is 3.37. The number of imidazole rings is 1. The van der Waals surface area contributed by atoms with E-state index < -0.39 is 0 Å². The van der Waals surface area contributed by atoms with Crippen LogP contribution in [0.4, 0.5) is 0 Å². The van der Waals surface area contributed by atoms with Crippen molar-refractivity contribution in [3.8, 4) is 0 Å². The molecule has 0 saturated heterocycles. The van der Waals surface area contributed by atoms with E-state index in [0.717, 1.165) is 29.7 Å². The smallest absolute Gasteiger partial charge is 0.236 e. The Kier molecular flexibility index (Phi) is 4.74. The van der Waals surface area contributed by atoms with Crippen molar-refractivity contribution < 1.29 is 4.79 Å². The molecule has 1 amide bonds. The van der Waals surface area contributed by atoms with Crippen LogP contribution in [0, 0.1) is 0 Å². The Morgan fingerprint density at radius 1 is 1.40 bits per heavy atom. The number of nitrogens with one attached hydrogen (secondary N) is 1.